The van der Waals surface area contributed by atoms with E-state index in [1.54, 1.807) is 23.9 Å². The molecule has 1 aromatic heterocycles. The third-order valence-electron chi connectivity index (χ3n) is 3.82. The largest absolute Gasteiger partial charge is 0.361 e. The minimum absolute atomic E-state index is 0.208. The molecule has 0 aliphatic carbocycles. The number of benzene rings is 1. The van der Waals surface area contributed by atoms with Crippen LogP contribution in [0.3, 0.4) is 0 Å². The maximum absolute atomic E-state index is 12.9. The summed E-state index contributed by atoms with van der Waals surface area (Å²) in [6, 6.07) is 6.56. The maximum atomic E-state index is 12.9. The maximum Gasteiger partial charge on any atom is 0.191 e. The van der Waals surface area contributed by atoms with E-state index >= 15 is 0 Å². The predicted octanol–water partition coefficient (Wildman–Crippen LogP) is 3.79. The van der Waals surface area contributed by atoms with Gasteiger partial charge in [0.1, 0.15) is 11.6 Å². The van der Waals surface area contributed by atoms with Gasteiger partial charge in [-0.1, -0.05) is 19.0 Å². The van der Waals surface area contributed by atoms with Crippen molar-refractivity contribution in [3.05, 3.63) is 47.1 Å². The summed E-state index contributed by atoms with van der Waals surface area (Å²) in [5.74, 6) is 2.34. The van der Waals surface area contributed by atoms with Gasteiger partial charge < -0.3 is 15.2 Å². The Morgan fingerprint density at radius 2 is 1.92 bits per heavy atom. The molecule has 5 nitrogen and oxygen atoms in total. The Morgan fingerprint density at radius 1 is 1.15 bits per heavy atom. The summed E-state index contributed by atoms with van der Waals surface area (Å²) in [5, 5.41) is 10.7. The Bertz CT molecular complexity index is 679. The van der Waals surface area contributed by atoms with E-state index in [0.29, 0.717) is 6.54 Å². The van der Waals surface area contributed by atoms with Crippen LogP contribution in [0.4, 0.5) is 4.39 Å². The topological polar surface area (TPSA) is 62.5 Å². The number of aromatic nitrogens is 1. The Balaban J connectivity index is 1.88. The monoisotopic (exact) mass is 378 g/mol. The van der Waals surface area contributed by atoms with Crippen molar-refractivity contribution >= 4 is 17.7 Å². The molecule has 0 aliphatic rings. The predicted molar refractivity (Wildman–Crippen MR) is 105 cm³/mol. The van der Waals surface area contributed by atoms with Crippen LogP contribution < -0.4 is 10.6 Å². The number of nitrogens with one attached hydrogen (secondary N) is 2. The third-order valence-corrected chi connectivity index (χ3v) is 4.84. The van der Waals surface area contributed by atoms with Gasteiger partial charge in [-0.2, -0.15) is 0 Å². The molecule has 0 fully saturated rings. The zero-order valence-corrected chi connectivity index (χ0v) is 16.5. The molecular weight excluding hydrogens is 351 g/mol. The van der Waals surface area contributed by atoms with Gasteiger partial charge in [0.25, 0.3) is 0 Å². The van der Waals surface area contributed by atoms with E-state index in [9.17, 15) is 4.39 Å². The second kappa shape index (κ2) is 10.9. The molecule has 0 saturated heterocycles. The fourth-order valence-corrected chi connectivity index (χ4v) is 3.25. The molecular formula is C19H27FN4OS. The first-order chi connectivity index (χ1) is 12.7. The van der Waals surface area contributed by atoms with Gasteiger partial charge in [-0.3, -0.25) is 0 Å². The zero-order valence-electron chi connectivity index (χ0n) is 15.6. The van der Waals surface area contributed by atoms with Gasteiger partial charge >= 0.3 is 0 Å². The zero-order chi connectivity index (χ0) is 18.8. The molecule has 26 heavy (non-hydrogen) atoms. The Labute approximate surface area is 158 Å². The molecule has 2 rings (SSSR count). The van der Waals surface area contributed by atoms with Crippen molar-refractivity contribution in [3.63, 3.8) is 0 Å². The average molecular weight is 379 g/mol. The standard InChI is InChI=1S/C19H27FN4OS/c1-4-17-16(18(5-2)25-24-17)13-23-19(21-6-3)22-11-12-26-15-9-7-14(20)8-10-15/h7-10H,4-6,11-13H2,1-3H3,(H2,21,22,23). The molecule has 2 aromatic rings. The molecule has 7 heteroatoms. The SMILES string of the molecule is CCNC(=NCc1c(CC)noc1CC)NCCSc1ccc(F)cc1. The number of thioether (sulfide) groups is 1. The van der Waals surface area contributed by atoms with Gasteiger partial charge in [0.2, 0.25) is 0 Å². The van der Waals surface area contributed by atoms with Crippen LogP contribution in [-0.4, -0.2) is 30.0 Å². The van der Waals surface area contributed by atoms with Gasteiger partial charge in [0.05, 0.1) is 12.2 Å². The highest BCUT2D eigenvalue weighted by atomic mass is 32.2. The average Bonchev–Trinajstić information content (AvgIpc) is 3.06. The van der Waals surface area contributed by atoms with Crippen molar-refractivity contribution in [3.8, 4) is 0 Å². The number of halogens is 1. The quantitative estimate of drug-likeness (QED) is 0.301. The van der Waals surface area contributed by atoms with E-state index in [1.165, 1.54) is 12.1 Å². The van der Waals surface area contributed by atoms with Gasteiger partial charge in [-0.25, -0.2) is 9.38 Å². The lowest BCUT2D eigenvalue weighted by Crippen LogP contribution is -2.38. The number of hydrogen-bond acceptors (Lipinski definition) is 4. The van der Waals surface area contributed by atoms with Crippen molar-refractivity contribution in [2.24, 2.45) is 4.99 Å². The van der Waals surface area contributed by atoms with Crippen LogP contribution in [0.1, 0.15) is 37.8 Å². The van der Waals surface area contributed by atoms with E-state index in [-0.39, 0.29) is 5.82 Å². The van der Waals surface area contributed by atoms with Crippen LogP contribution in [0.2, 0.25) is 0 Å². The molecule has 0 saturated carbocycles. The fraction of sp³-hybridized carbons (Fsp3) is 0.474. The Kier molecular flexibility index (Phi) is 8.47. The molecule has 2 N–H and O–H groups in total. The van der Waals surface area contributed by atoms with Gasteiger partial charge in [-0.05, 0) is 37.6 Å². The fourth-order valence-electron chi connectivity index (χ4n) is 2.49. The van der Waals surface area contributed by atoms with Crippen molar-refractivity contribution in [2.45, 2.75) is 45.1 Å². The summed E-state index contributed by atoms with van der Waals surface area (Å²) < 4.78 is 18.3. The molecule has 1 aromatic carbocycles. The summed E-state index contributed by atoms with van der Waals surface area (Å²) in [7, 11) is 0. The first-order valence-electron chi connectivity index (χ1n) is 9.04. The van der Waals surface area contributed by atoms with Crippen molar-refractivity contribution in [1.82, 2.24) is 15.8 Å². The summed E-state index contributed by atoms with van der Waals surface area (Å²) in [6.45, 7) is 8.28. The second-order valence-corrected chi connectivity index (χ2v) is 6.83. The van der Waals surface area contributed by atoms with Crippen molar-refractivity contribution in [1.29, 1.82) is 0 Å². The molecule has 0 atom stereocenters. The summed E-state index contributed by atoms with van der Waals surface area (Å²) in [6.07, 6.45) is 1.66. The van der Waals surface area contributed by atoms with Crippen LogP contribution in [0, 0.1) is 5.82 Å². The first kappa shape index (κ1) is 20.3. The summed E-state index contributed by atoms with van der Waals surface area (Å²) in [4.78, 5) is 5.72. The smallest absolute Gasteiger partial charge is 0.191 e. The molecule has 0 spiro atoms. The van der Waals surface area contributed by atoms with E-state index < -0.39 is 0 Å². The molecule has 0 amide bonds. The number of aryl methyl sites for hydroxylation is 2. The third kappa shape index (κ3) is 6.05. The van der Waals surface area contributed by atoms with E-state index in [2.05, 4.69) is 34.6 Å². The number of guanidine groups is 1. The van der Waals surface area contributed by atoms with Crippen LogP contribution in [0.25, 0.3) is 0 Å². The summed E-state index contributed by atoms with van der Waals surface area (Å²) >= 11 is 1.68. The minimum Gasteiger partial charge on any atom is -0.361 e. The van der Waals surface area contributed by atoms with Crippen LogP contribution in [0.15, 0.2) is 38.7 Å². The Morgan fingerprint density at radius 3 is 2.58 bits per heavy atom. The second-order valence-electron chi connectivity index (χ2n) is 5.66. The van der Waals surface area contributed by atoms with E-state index in [4.69, 9.17) is 4.52 Å². The van der Waals surface area contributed by atoms with Crippen molar-refractivity contribution < 1.29 is 8.91 Å². The minimum atomic E-state index is -0.208. The summed E-state index contributed by atoms with van der Waals surface area (Å²) in [5.41, 5.74) is 2.07. The highest BCUT2D eigenvalue weighted by molar-refractivity contribution is 7.99. The van der Waals surface area contributed by atoms with Gasteiger partial charge in [0, 0.05) is 35.7 Å². The van der Waals surface area contributed by atoms with Gasteiger partial charge in [-0.15, -0.1) is 11.8 Å². The highest BCUT2D eigenvalue weighted by Crippen LogP contribution is 2.18. The van der Waals surface area contributed by atoms with Crippen LogP contribution in [-0.2, 0) is 19.4 Å². The van der Waals surface area contributed by atoms with E-state index in [0.717, 1.165) is 59.6 Å². The first-order valence-corrected chi connectivity index (χ1v) is 10.0. The molecule has 1 heterocycles. The number of aliphatic imine (C=N–C) groups is 1. The molecule has 0 bridgehead atoms. The number of rotatable bonds is 9. The Hall–Kier alpha value is -2.02. The van der Waals surface area contributed by atoms with E-state index in [1.807, 2.05) is 6.92 Å². The molecule has 0 aliphatic heterocycles. The van der Waals surface area contributed by atoms with Gasteiger partial charge in [0.15, 0.2) is 5.96 Å². The number of nitrogens with zero attached hydrogens (tertiary/aromatic N) is 2. The normalized spacial score (nSPS) is 11.6. The molecule has 0 unspecified atom stereocenters. The lowest BCUT2D eigenvalue weighted by atomic mass is 10.1. The lowest BCUT2D eigenvalue weighted by Gasteiger charge is -2.11. The van der Waals surface area contributed by atoms with Crippen LogP contribution >= 0.6 is 11.8 Å². The molecule has 142 valence electrons. The van der Waals surface area contributed by atoms with Crippen LogP contribution in [0.5, 0.6) is 0 Å². The molecule has 0 radical (unpaired) electrons. The highest BCUT2D eigenvalue weighted by Gasteiger charge is 2.13. The number of hydrogen-bond donors (Lipinski definition) is 2. The van der Waals surface area contributed by atoms with Crippen molar-refractivity contribution in [2.75, 3.05) is 18.8 Å². The lowest BCUT2D eigenvalue weighted by molar-refractivity contribution is 0.380.